The zero-order chi connectivity index (χ0) is 43.3. The van der Waals surface area contributed by atoms with Crippen LogP contribution in [0.2, 0.25) is 8.67 Å². The highest BCUT2D eigenvalue weighted by Gasteiger charge is 2.36. The molecule has 62 heavy (non-hydrogen) atoms. The molecule has 0 spiro atoms. The largest absolute Gasteiger partial charge is 0.445 e. The molecule has 2 fully saturated rings. The molecule has 1 N–H and O–H groups in total. The zero-order valence-electron chi connectivity index (χ0n) is 32.4. The van der Waals surface area contributed by atoms with Gasteiger partial charge in [0.15, 0.2) is 0 Å². The Morgan fingerprint density at radius 2 is 1.29 bits per heavy atom. The van der Waals surface area contributed by atoms with Gasteiger partial charge < -0.3 is 19.3 Å². The SMILES string of the molecule is C.C=CCOC(=O)N1CC(c2cc(CCc3ccc(Cl)s3)[nH]n2)C1.C=CCOC(=O)N1CC(c2cc(CCc3ccc(Cl)s3)n(C(=O)c3cscn3)n2)C1.O=C(Cl)c1cscn1. The van der Waals surface area contributed by atoms with Gasteiger partial charge in [0.05, 0.1) is 31.1 Å². The summed E-state index contributed by atoms with van der Waals surface area (Å²) in [6, 6.07) is 11.9. The van der Waals surface area contributed by atoms with Crippen LogP contribution in [0.15, 0.2) is 83.5 Å². The number of amides is 2. The molecule has 328 valence electrons. The maximum Gasteiger partial charge on any atom is 0.410 e. The van der Waals surface area contributed by atoms with Gasteiger partial charge in [0.1, 0.15) is 24.6 Å². The smallest absolute Gasteiger partial charge is 0.410 e. The molecule has 0 aromatic carbocycles. The molecule has 0 radical (unpaired) electrons. The topological polar surface area (TPSA) is 166 Å². The highest BCUT2D eigenvalue weighted by Crippen LogP contribution is 2.30. The van der Waals surface area contributed by atoms with Crippen LogP contribution >= 0.6 is 80.1 Å². The summed E-state index contributed by atoms with van der Waals surface area (Å²) in [6.07, 6.45) is 5.72. The molecular formula is C41H43Cl3N8O6S4. The molecular weight excluding hydrogens is 935 g/mol. The summed E-state index contributed by atoms with van der Waals surface area (Å²) in [6.45, 7) is 9.83. The van der Waals surface area contributed by atoms with Crippen molar-refractivity contribution >= 4 is 103 Å². The zero-order valence-corrected chi connectivity index (χ0v) is 37.9. The van der Waals surface area contributed by atoms with E-state index < -0.39 is 5.24 Å². The first-order chi connectivity index (χ1) is 29.5. The number of thiophene rings is 2. The van der Waals surface area contributed by atoms with E-state index in [1.165, 1.54) is 49.6 Å². The Morgan fingerprint density at radius 3 is 1.76 bits per heavy atom. The number of rotatable bonds is 14. The van der Waals surface area contributed by atoms with E-state index in [1.807, 2.05) is 24.3 Å². The van der Waals surface area contributed by atoms with Crippen LogP contribution in [0.3, 0.4) is 0 Å². The summed E-state index contributed by atoms with van der Waals surface area (Å²) < 4.78 is 13.1. The quantitative estimate of drug-likeness (QED) is 0.0820. The molecule has 6 aromatic heterocycles. The number of aromatic amines is 1. The average molecular weight is 978 g/mol. The third kappa shape index (κ3) is 13.4. The van der Waals surface area contributed by atoms with E-state index in [1.54, 1.807) is 49.0 Å². The van der Waals surface area contributed by atoms with Crippen molar-refractivity contribution in [1.82, 2.24) is 39.7 Å². The van der Waals surface area contributed by atoms with Crippen LogP contribution in [0.4, 0.5) is 9.59 Å². The first kappa shape index (κ1) is 48.3. The highest BCUT2D eigenvalue weighted by molar-refractivity contribution is 7.16. The van der Waals surface area contributed by atoms with Crippen LogP contribution in [0.1, 0.15) is 72.8 Å². The molecule has 0 aliphatic carbocycles. The number of carbonyl (C=O) groups excluding carboxylic acids is 4. The van der Waals surface area contributed by atoms with Gasteiger partial charge in [-0.3, -0.25) is 14.7 Å². The molecule has 0 saturated carbocycles. The van der Waals surface area contributed by atoms with Gasteiger partial charge >= 0.3 is 12.2 Å². The minimum Gasteiger partial charge on any atom is -0.445 e. The molecule has 21 heteroatoms. The van der Waals surface area contributed by atoms with Gasteiger partial charge in [0.2, 0.25) is 0 Å². The van der Waals surface area contributed by atoms with E-state index in [0.29, 0.717) is 44.0 Å². The van der Waals surface area contributed by atoms with Crippen molar-refractivity contribution in [3.05, 3.63) is 136 Å². The summed E-state index contributed by atoms with van der Waals surface area (Å²) >= 11 is 22.9. The molecule has 8 rings (SSSR count). The van der Waals surface area contributed by atoms with Crippen molar-refractivity contribution < 1.29 is 28.7 Å². The predicted molar refractivity (Wildman–Crippen MR) is 247 cm³/mol. The second-order valence-corrected chi connectivity index (χ2v) is 18.8. The minimum absolute atomic E-state index is 0. The Kier molecular flexibility index (Phi) is 18.5. The molecule has 6 aromatic rings. The Balaban J connectivity index is 0.000000200. The lowest BCUT2D eigenvalue weighted by molar-refractivity contribution is 0.0776. The fourth-order valence-electron chi connectivity index (χ4n) is 6.00. The van der Waals surface area contributed by atoms with Crippen LogP contribution < -0.4 is 0 Å². The third-order valence-corrected chi connectivity index (χ3v) is 13.2. The van der Waals surface area contributed by atoms with Crippen molar-refractivity contribution in [3.63, 3.8) is 0 Å². The fraction of sp³-hybridized carbons (Fsp3) is 0.317. The van der Waals surface area contributed by atoms with Gasteiger partial charge in [0.25, 0.3) is 11.1 Å². The average Bonchev–Trinajstić information content (AvgIpc) is 4.07. The fourth-order valence-corrected chi connectivity index (χ4v) is 9.40. The molecule has 2 aliphatic rings. The lowest BCUT2D eigenvalue weighted by Crippen LogP contribution is -2.48. The number of aryl methyl sites for hydroxylation is 4. The Labute approximate surface area is 389 Å². The van der Waals surface area contributed by atoms with Crippen molar-refractivity contribution in [1.29, 1.82) is 0 Å². The first-order valence-electron chi connectivity index (χ1n) is 18.7. The van der Waals surface area contributed by atoms with E-state index in [9.17, 15) is 19.2 Å². The maximum atomic E-state index is 12.9. The molecule has 0 bridgehead atoms. The van der Waals surface area contributed by atoms with E-state index in [4.69, 9.17) is 44.3 Å². The Bertz CT molecular complexity index is 2400. The van der Waals surface area contributed by atoms with Crippen LogP contribution in [0.5, 0.6) is 0 Å². The number of nitrogens with one attached hydrogen (secondary N) is 1. The van der Waals surface area contributed by atoms with Gasteiger partial charge in [-0.1, -0.05) is 55.9 Å². The summed E-state index contributed by atoms with van der Waals surface area (Å²) in [7, 11) is 0. The second-order valence-electron chi connectivity index (χ2n) is 13.5. The highest BCUT2D eigenvalue weighted by atomic mass is 35.5. The number of aromatic nitrogens is 6. The number of H-pyrrole nitrogens is 1. The minimum atomic E-state index is -0.494. The molecule has 0 atom stereocenters. The van der Waals surface area contributed by atoms with Crippen LogP contribution in [0.25, 0.3) is 0 Å². The van der Waals surface area contributed by atoms with Crippen molar-refractivity contribution in [2.75, 3.05) is 39.4 Å². The van der Waals surface area contributed by atoms with Crippen molar-refractivity contribution in [3.8, 4) is 0 Å². The normalized spacial score (nSPS) is 13.3. The number of hydrogen-bond donors (Lipinski definition) is 1. The van der Waals surface area contributed by atoms with E-state index in [2.05, 4.69) is 50.6 Å². The lowest BCUT2D eigenvalue weighted by atomic mass is 9.96. The maximum absolute atomic E-state index is 12.9. The molecule has 0 unspecified atom stereocenters. The van der Waals surface area contributed by atoms with Crippen molar-refractivity contribution in [2.24, 2.45) is 0 Å². The summed E-state index contributed by atoms with van der Waals surface area (Å²) in [5.74, 6) is 0.108. The first-order valence-corrected chi connectivity index (χ1v) is 23.3. The molecule has 14 nitrogen and oxygen atoms in total. The number of hydrogen-bond acceptors (Lipinski definition) is 14. The van der Waals surface area contributed by atoms with Crippen LogP contribution in [-0.4, -0.2) is 102 Å². The number of nitrogens with zero attached hydrogens (tertiary/aromatic N) is 7. The number of ether oxygens (including phenoxy) is 2. The van der Waals surface area contributed by atoms with Gasteiger partial charge in [-0.25, -0.2) is 19.6 Å². The Morgan fingerprint density at radius 1 is 0.758 bits per heavy atom. The lowest BCUT2D eigenvalue weighted by Gasteiger charge is -2.37. The predicted octanol–water partition coefficient (Wildman–Crippen LogP) is 10.0. The second kappa shape index (κ2) is 23.7. The van der Waals surface area contributed by atoms with E-state index in [-0.39, 0.29) is 50.6 Å². The van der Waals surface area contributed by atoms with Gasteiger partial charge in [-0.05, 0) is 73.7 Å². The van der Waals surface area contributed by atoms with Crippen molar-refractivity contribution in [2.45, 2.75) is 44.9 Å². The monoisotopic (exact) mass is 976 g/mol. The molecule has 8 heterocycles. The van der Waals surface area contributed by atoms with Gasteiger partial charge in [0, 0.05) is 69.9 Å². The molecule has 2 amide bonds. The standard InChI is InChI=1S/C20H19ClN4O3S2.C16H18ClN3O2S.C4H2ClNOS.CH4/c1-2-7-28-20(27)24-9-13(10-24)16-8-14(3-4-15-5-6-18(21)30-15)25(23-16)19(26)17-11-29-12-22-17;1-2-7-22-16(21)20-9-11(10-20)14-8-12(18-19-14)3-4-13-5-6-15(17)23-13;5-4(7)3-1-8-2-6-3;/h2,5-6,8,11-13H,1,3-4,7,9-10H2;2,5-6,8,11H,1,3-4,7,9-10H2,(H,18,19);1-2H;1H4. The van der Waals surface area contributed by atoms with Gasteiger partial charge in [-0.2, -0.15) is 14.9 Å². The number of likely N-dealkylation sites (tertiary alicyclic amines) is 2. The number of carbonyl (C=O) groups is 4. The van der Waals surface area contributed by atoms with E-state index >= 15 is 0 Å². The van der Waals surface area contributed by atoms with Gasteiger partial charge in [-0.15, -0.1) is 45.3 Å². The third-order valence-electron chi connectivity index (χ3n) is 9.22. The molecule has 2 saturated heterocycles. The number of halogens is 3. The Hall–Kier alpha value is -4.69. The van der Waals surface area contributed by atoms with Crippen LogP contribution in [-0.2, 0) is 35.2 Å². The van der Waals surface area contributed by atoms with E-state index in [0.717, 1.165) is 55.6 Å². The summed E-state index contributed by atoms with van der Waals surface area (Å²) in [5.41, 5.74) is 7.63. The summed E-state index contributed by atoms with van der Waals surface area (Å²) in [4.78, 5) is 60.2. The molecule has 2 aliphatic heterocycles. The summed E-state index contributed by atoms with van der Waals surface area (Å²) in [5, 5.41) is 14.9. The van der Waals surface area contributed by atoms with Crippen LogP contribution in [0, 0.1) is 0 Å². The number of thiazole rings is 2.